The van der Waals surface area contributed by atoms with Crippen LogP contribution < -0.4 is 10.1 Å². The smallest absolute Gasteiger partial charge is 0.416 e. The Bertz CT molecular complexity index is 399. The molecule has 94 valence electrons. The third-order valence-electron chi connectivity index (χ3n) is 2.77. The fourth-order valence-corrected chi connectivity index (χ4v) is 1.61. The van der Waals surface area contributed by atoms with Gasteiger partial charge in [-0.2, -0.15) is 13.2 Å². The SMILES string of the molecule is COc1cc(C(F)(F)F)ccc1CNC1CC1. The molecule has 0 spiro atoms. The van der Waals surface area contributed by atoms with E-state index in [1.165, 1.54) is 13.2 Å². The summed E-state index contributed by atoms with van der Waals surface area (Å²) in [5.74, 6) is 0.285. The van der Waals surface area contributed by atoms with Crippen molar-refractivity contribution in [3.8, 4) is 5.75 Å². The van der Waals surface area contributed by atoms with Gasteiger partial charge in [0.25, 0.3) is 0 Å². The second kappa shape index (κ2) is 4.56. The molecule has 0 heterocycles. The average molecular weight is 245 g/mol. The van der Waals surface area contributed by atoms with Gasteiger partial charge in [0, 0.05) is 18.2 Å². The molecule has 1 aromatic carbocycles. The van der Waals surface area contributed by atoms with Crippen molar-refractivity contribution in [1.82, 2.24) is 5.32 Å². The van der Waals surface area contributed by atoms with Crippen molar-refractivity contribution in [2.75, 3.05) is 7.11 Å². The second-order valence-corrected chi connectivity index (χ2v) is 4.18. The van der Waals surface area contributed by atoms with Gasteiger partial charge in [-0.15, -0.1) is 0 Å². The van der Waals surface area contributed by atoms with Crippen LogP contribution in [0.15, 0.2) is 18.2 Å². The summed E-state index contributed by atoms with van der Waals surface area (Å²) in [6.45, 7) is 0.548. The van der Waals surface area contributed by atoms with E-state index in [0.717, 1.165) is 30.5 Å². The van der Waals surface area contributed by atoms with Gasteiger partial charge in [0.2, 0.25) is 0 Å². The molecule has 1 aliphatic carbocycles. The van der Waals surface area contributed by atoms with Crippen molar-refractivity contribution in [3.05, 3.63) is 29.3 Å². The first-order valence-corrected chi connectivity index (χ1v) is 5.48. The highest BCUT2D eigenvalue weighted by molar-refractivity contribution is 5.38. The highest BCUT2D eigenvalue weighted by atomic mass is 19.4. The number of rotatable bonds is 4. The van der Waals surface area contributed by atoms with E-state index < -0.39 is 11.7 Å². The zero-order valence-electron chi connectivity index (χ0n) is 9.47. The molecule has 1 fully saturated rings. The molecule has 1 N–H and O–H groups in total. The largest absolute Gasteiger partial charge is 0.496 e. The Kier molecular flexibility index (Phi) is 3.28. The summed E-state index contributed by atoms with van der Waals surface area (Å²) in [6.07, 6.45) is -2.04. The van der Waals surface area contributed by atoms with Gasteiger partial charge in [-0.25, -0.2) is 0 Å². The van der Waals surface area contributed by atoms with Crippen molar-refractivity contribution >= 4 is 0 Å². The zero-order valence-corrected chi connectivity index (χ0v) is 9.47. The summed E-state index contributed by atoms with van der Waals surface area (Å²) in [5, 5.41) is 3.24. The number of methoxy groups -OCH3 is 1. The van der Waals surface area contributed by atoms with Crippen LogP contribution in [-0.2, 0) is 12.7 Å². The first-order valence-electron chi connectivity index (χ1n) is 5.48. The summed E-state index contributed by atoms with van der Waals surface area (Å²) < 4.78 is 42.5. The minimum absolute atomic E-state index is 0.285. The van der Waals surface area contributed by atoms with E-state index in [-0.39, 0.29) is 5.75 Å². The van der Waals surface area contributed by atoms with Crippen LogP contribution >= 0.6 is 0 Å². The molecule has 0 atom stereocenters. The molecule has 1 saturated carbocycles. The third kappa shape index (κ3) is 3.12. The second-order valence-electron chi connectivity index (χ2n) is 4.18. The molecule has 0 bridgehead atoms. The maximum Gasteiger partial charge on any atom is 0.416 e. The Morgan fingerprint density at radius 2 is 2.06 bits per heavy atom. The Morgan fingerprint density at radius 3 is 2.59 bits per heavy atom. The average Bonchev–Trinajstić information content (AvgIpc) is 3.08. The van der Waals surface area contributed by atoms with Crippen molar-refractivity contribution in [2.24, 2.45) is 0 Å². The van der Waals surface area contributed by atoms with Crippen LogP contribution in [0.3, 0.4) is 0 Å². The summed E-state index contributed by atoms with van der Waals surface area (Å²) in [5.41, 5.74) is 0.0805. The van der Waals surface area contributed by atoms with Crippen LogP contribution in [0.5, 0.6) is 5.75 Å². The lowest BCUT2D eigenvalue weighted by Gasteiger charge is -2.13. The molecular weight excluding hydrogens is 231 g/mol. The van der Waals surface area contributed by atoms with Gasteiger partial charge in [0.1, 0.15) is 5.75 Å². The molecule has 0 saturated heterocycles. The molecule has 1 aliphatic rings. The van der Waals surface area contributed by atoms with Crippen molar-refractivity contribution in [1.29, 1.82) is 0 Å². The number of hydrogen-bond acceptors (Lipinski definition) is 2. The molecule has 17 heavy (non-hydrogen) atoms. The monoisotopic (exact) mass is 245 g/mol. The van der Waals surface area contributed by atoms with Crippen molar-refractivity contribution in [3.63, 3.8) is 0 Å². The maximum absolute atomic E-state index is 12.5. The lowest BCUT2D eigenvalue weighted by atomic mass is 10.1. The number of ether oxygens (including phenoxy) is 1. The van der Waals surface area contributed by atoms with Gasteiger partial charge in [-0.1, -0.05) is 6.07 Å². The molecule has 0 radical (unpaired) electrons. The predicted octanol–water partition coefficient (Wildman–Crippen LogP) is 2.97. The first kappa shape index (κ1) is 12.2. The molecule has 5 heteroatoms. The van der Waals surface area contributed by atoms with Crippen LogP contribution in [0.1, 0.15) is 24.0 Å². The summed E-state index contributed by atoms with van der Waals surface area (Å²) >= 11 is 0. The van der Waals surface area contributed by atoms with E-state index in [1.807, 2.05) is 0 Å². The minimum Gasteiger partial charge on any atom is -0.496 e. The Labute approximate surface area is 97.8 Å². The first-order chi connectivity index (χ1) is 8.00. The van der Waals surface area contributed by atoms with Crippen LogP contribution in [0.25, 0.3) is 0 Å². The Balaban J connectivity index is 2.15. The zero-order chi connectivity index (χ0) is 12.5. The third-order valence-corrected chi connectivity index (χ3v) is 2.77. The molecule has 0 aromatic heterocycles. The number of nitrogens with one attached hydrogen (secondary N) is 1. The molecular formula is C12H14F3NO. The van der Waals surface area contributed by atoms with E-state index in [0.29, 0.717) is 12.6 Å². The van der Waals surface area contributed by atoms with E-state index in [4.69, 9.17) is 4.74 Å². The minimum atomic E-state index is -4.32. The van der Waals surface area contributed by atoms with Gasteiger partial charge in [0.05, 0.1) is 12.7 Å². The normalized spacial score (nSPS) is 16.0. The van der Waals surface area contributed by atoms with E-state index in [1.54, 1.807) is 0 Å². The van der Waals surface area contributed by atoms with Gasteiger partial charge < -0.3 is 10.1 Å². The maximum atomic E-state index is 12.5. The molecule has 0 unspecified atom stereocenters. The molecule has 2 rings (SSSR count). The molecule has 1 aromatic rings. The number of alkyl halides is 3. The Morgan fingerprint density at radius 1 is 1.35 bits per heavy atom. The highest BCUT2D eigenvalue weighted by Gasteiger charge is 2.31. The topological polar surface area (TPSA) is 21.3 Å². The fourth-order valence-electron chi connectivity index (χ4n) is 1.61. The molecule has 0 aliphatic heterocycles. The number of halogens is 3. The van der Waals surface area contributed by atoms with Crippen molar-refractivity contribution in [2.45, 2.75) is 31.6 Å². The highest BCUT2D eigenvalue weighted by Crippen LogP contribution is 2.33. The van der Waals surface area contributed by atoms with E-state index in [9.17, 15) is 13.2 Å². The lowest BCUT2D eigenvalue weighted by Crippen LogP contribution is -2.16. The lowest BCUT2D eigenvalue weighted by molar-refractivity contribution is -0.137. The van der Waals surface area contributed by atoms with Crippen LogP contribution in [0, 0.1) is 0 Å². The molecule has 2 nitrogen and oxygen atoms in total. The summed E-state index contributed by atoms with van der Waals surface area (Å²) in [6, 6.07) is 4.12. The van der Waals surface area contributed by atoms with E-state index in [2.05, 4.69) is 5.32 Å². The Hall–Kier alpha value is -1.23. The predicted molar refractivity (Wildman–Crippen MR) is 57.9 cm³/mol. The van der Waals surface area contributed by atoms with Crippen LogP contribution in [0.2, 0.25) is 0 Å². The van der Waals surface area contributed by atoms with Gasteiger partial charge in [-0.3, -0.25) is 0 Å². The fraction of sp³-hybridized carbons (Fsp3) is 0.500. The summed E-state index contributed by atoms with van der Waals surface area (Å²) in [7, 11) is 1.39. The quantitative estimate of drug-likeness (QED) is 0.880. The van der Waals surface area contributed by atoms with Gasteiger partial charge >= 0.3 is 6.18 Å². The van der Waals surface area contributed by atoms with Crippen LogP contribution in [-0.4, -0.2) is 13.2 Å². The molecule has 0 amide bonds. The van der Waals surface area contributed by atoms with Crippen LogP contribution in [0.4, 0.5) is 13.2 Å². The van der Waals surface area contributed by atoms with E-state index >= 15 is 0 Å². The number of hydrogen-bond donors (Lipinski definition) is 1. The summed E-state index contributed by atoms with van der Waals surface area (Å²) in [4.78, 5) is 0. The van der Waals surface area contributed by atoms with Gasteiger partial charge in [0.15, 0.2) is 0 Å². The van der Waals surface area contributed by atoms with Crippen molar-refractivity contribution < 1.29 is 17.9 Å². The number of benzene rings is 1. The standard InChI is InChI=1S/C12H14F3NO/c1-17-11-6-9(12(13,14)15)3-2-8(11)7-16-10-4-5-10/h2-3,6,10,16H,4-5,7H2,1H3. The van der Waals surface area contributed by atoms with Gasteiger partial charge in [-0.05, 0) is 25.0 Å².